The fourth-order valence-corrected chi connectivity index (χ4v) is 2.58. The summed E-state index contributed by atoms with van der Waals surface area (Å²) in [5.41, 5.74) is 0.531. The van der Waals surface area contributed by atoms with Crippen LogP contribution in [0.5, 0.6) is 0 Å². The molecule has 0 aliphatic heterocycles. The van der Waals surface area contributed by atoms with Gasteiger partial charge in [-0.2, -0.15) is 0 Å². The molecule has 0 atom stereocenters. The van der Waals surface area contributed by atoms with Crippen LogP contribution in [0.2, 0.25) is 10.0 Å². The fraction of sp³-hybridized carbons (Fsp3) is 0. The number of rotatable bonds is 4. The van der Waals surface area contributed by atoms with E-state index in [-0.39, 0.29) is 17.2 Å². The van der Waals surface area contributed by atoms with Crippen molar-refractivity contribution in [1.29, 1.82) is 0 Å². The van der Waals surface area contributed by atoms with Crippen LogP contribution in [-0.4, -0.2) is 15.9 Å². The number of benzene rings is 2. The molecule has 5 nitrogen and oxygen atoms in total. The van der Waals surface area contributed by atoms with E-state index in [9.17, 15) is 13.6 Å². The highest BCUT2D eigenvalue weighted by Gasteiger charge is 2.11. The Balaban J connectivity index is 1.71. The first kappa shape index (κ1) is 18.0. The quantitative estimate of drug-likeness (QED) is 0.648. The molecule has 1 amide bonds. The Kier molecular flexibility index (Phi) is 5.29. The molecule has 0 spiro atoms. The predicted octanol–water partition coefficient (Wildman–Crippen LogP) is 5.06. The summed E-state index contributed by atoms with van der Waals surface area (Å²) in [4.78, 5) is 20.1. The van der Waals surface area contributed by atoms with E-state index in [4.69, 9.17) is 23.2 Å². The molecule has 3 rings (SSSR count). The Morgan fingerprint density at radius 2 is 1.62 bits per heavy atom. The predicted molar refractivity (Wildman–Crippen MR) is 96.1 cm³/mol. The normalized spacial score (nSPS) is 10.5. The summed E-state index contributed by atoms with van der Waals surface area (Å²) in [5.74, 6) is -2.03. The summed E-state index contributed by atoms with van der Waals surface area (Å²) >= 11 is 11.8. The first-order valence-corrected chi connectivity index (χ1v) is 7.98. The Bertz CT molecular complexity index is 947. The summed E-state index contributed by atoms with van der Waals surface area (Å²) in [5, 5.41) is 6.10. The maximum Gasteiger partial charge on any atom is 0.258 e. The highest BCUT2D eigenvalue weighted by molar-refractivity contribution is 6.35. The van der Waals surface area contributed by atoms with E-state index in [1.165, 1.54) is 12.4 Å². The summed E-state index contributed by atoms with van der Waals surface area (Å²) in [7, 11) is 0. The van der Waals surface area contributed by atoms with E-state index in [0.29, 0.717) is 21.8 Å². The Hall–Kier alpha value is -2.77. The lowest BCUT2D eigenvalue weighted by Crippen LogP contribution is -2.14. The fourth-order valence-electron chi connectivity index (χ4n) is 2.05. The Morgan fingerprint density at radius 1 is 0.962 bits per heavy atom. The van der Waals surface area contributed by atoms with Crippen molar-refractivity contribution in [3.63, 3.8) is 0 Å². The zero-order chi connectivity index (χ0) is 18.7. The van der Waals surface area contributed by atoms with Gasteiger partial charge in [0.1, 0.15) is 11.6 Å². The first-order chi connectivity index (χ1) is 12.4. The van der Waals surface area contributed by atoms with Gasteiger partial charge in [0.05, 0.1) is 11.3 Å². The Labute approximate surface area is 157 Å². The Morgan fingerprint density at radius 3 is 2.23 bits per heavy atom. The number of amides is 1. The molecule has 0 fully saturated rings. The largest absolute Gasteiger partial charge is 0.324 e. The molecule has 2 N–H and O–H groups in total. The average Bonchev–Trinajstić information content (AvgIpc) is 2.57. The lowest BCUT2D eigenvalue weighted by Gasteiger charge is -2.08. The van der Waals surface area contributed by atoms with Crippen molar-refractivity contribution < 1.29 is 13.6 Å². The minimum absolute atomic E-state index is 0.100. The van der Waals surface area contributed by atoms with Gasteiger partial charge in [0.25, 0.3) is 5.91 Å². The van der Waals surface area contributed by atoms with Crippen LogP contribution in [0.15, 0.2) is 48.8 Å². The standard InChI is InChI=1S/C17H10Cl2F2N4O/c18-10-3-11(19)5-13(4-10)24-17-22-7-9(8-23-17)16(26)25-15-2-1-12(20)6-14(15)21/h1-8H,(H,25,26)(H,22,23,24). The monoisotopic (exact) mass is 394 g/mol. The molecule has 0 aliphatic rings. The van der Waals surface area contributed by atoms with Crippen LogP contribution in [0.1, 0.15) is 10.4 Å². The van der Waals surface area contributed by atoms with E-state index < -0.39 is 17.5 Å². The van der Waals surface area contributed by atoms with Gasteiger partial charge in [-0.25, -0.2) is 18.7 Å². The van der Waals surface area contributed by atoms with Crippen molar-refractivity contribution in [2.24, 2.45) is 0 Å². The van der Waals surface area contributed by atoms with E-state index in [0.717, 1.165) is 12.1 Å². The van der Waals surface area contributed by atoms with Crippen molar-refractivity contribution in [3.8, 4) is 0 Å². The average molecular weight is 395 g/mol. The molecular formula is C17H10Cl2F2N4O. The molecule has 0 saturated heterocycles. The molecular weight excluding hydrogens is 385 g/mol. The molecule has 2 aromatic carbocycles. The van der Waals surface area contributed by atoms with Gasteiger partial charge in [0.2, 0.25) is 5.95 Å². The van der Waals surface area contributed by atoms with Gasteiger partial charge < -0.3 is 10.6 Å². The summed E-state index contributed by atoms with van der Waals surface area (Å²) in [6.45, 7) is 0. The van der Waals surface area contributed by atoms with Crippen LogP contribution in [0.4, 0.5) is 26.1 Å². The molecule has 0 aliphatic carbocycles. The van der Waals surface area contributed by atoms with Gasteiger partial charge >= 0.3 is 0 Å². The lowest BCUT2D eigenvalue weighted by atomic mass is 10.2. The number of hydrogen-bond donors (Lipinski definition) is 2. The van der Waals surface area contributed by atoms with Gasteiger partial charge in [-0.1, -0.05) is 23.2 Å². The highest BCUT2D eigenvalue weighted by atomic mass is 35.5. The van der Waals surface area contributed by atoms with Crippen molar-refractivity contribution in [1.82, 2.24) is 9.97 Å². The number of nitrogens with one attached hydrogen (secondary N) is 2. The van der Waals surface area contributed by atoms with Gasteiger partial charge in [-0.15, -0.1) is 0 Å². The van der Waals surface area contributed by atoms with Gasteiger partial charge in [0, 0.05) is 34.2 Å². The molecule has 1 aromatic heterocycles. The molecule has 0 bridgehead atoms. The van der Waals surface area contributed by atoms with Gasteiger partial charge in [-0.3, -0.25) is 4.79 Å². The second-order valence-electron chi connectivity index (χ2n) is 5.16. The molecule has 0 saturated carbocycles. The number of halogens is 4. The van der Waals surface area contributed by atoms with E-state index in [2.05, 4.69) is 20.6 Å². The van der Waals surface area contributed by atoms with E-state index in [1.807, 2.05) is 0 Å². The summed E-state index contributed by atoms with van der Waals surface area (Å²) in [6.07, 6.45) is 2.52. The van der Waals surface area contributed by atoms with Crippen molar-refractivity contribution in [2.75, 3.05) is 10.6 Å². The summed E-state index contributed by atoms with van der Waals surface area (Å²) in [6, 6.07) is 7.69. The molecule has 0 unspecified atom stereocenters. The van der Waals surface area contributed by atoms with Crippen LogP contribution in [0, 0.1) is 11.6 Å². The van der Waals surface area contributed by atoms with Crippen LogP contribution < -0.4 is 10.6 Å². The molecule has 3 aromatic rings. The highest BCUT2D eigenvalue weighted by Crippen LogP contribution is 2.24. The third-order valence-corrected chi connectivity index (χ3v) is 3.65. The van der Waals surface area contributed by atoms with Crippen LogP contribution >= 0.6 is 23.2 Å². The first-order valence-electron chi connectivity index (χ1n) is 7.22. The third-order valence-electron chi connectivity index (χ3n) is 3.21. The summed E-state index contributed by atoms with van der Waals surface area (Å²) < 4.78 is 26.5. The molecule has 26 heavy (non-hydrogen) atoms. The third kappa shape index (κ3) is 4.44. The smallest absolute Gasteiger partial charge is 0.258 e. The number of anilines is 3. The second-order valence-corrected chi connectivity index (χ2v) is 6.03. The minimum Gasteiger partial charge on any atom is -0.324 e. The maximum absolute atomic E-state index is 13.6. The van der Waals surface area contributed by atoms with Gasteiger partial charge in [-0.05, 0) is 30.3 Å². The topological polar surface area (TPSA) is 66.9 Å². The number of nitrogens with zero attached hydrogens (tertiary/aromatic N) is 2. The van der Waals surface area contributed by atoms with Crippen LogP contribution in [0.3, 0.4) is 0 Å². The molecule has 1 heterocycles. The number of carbonyl (C=O) groups is 1. The van der Waals surface area contributed by atoms with E-state index in [1.54, 1.807) is 18.2 Å². The van der Waals surface area contributed by atoms with Crippen molar-refractivity contribution >= 4 is 46.4 Å². The maximum atomic E-state index is 13.6. The second kappa shape index (κ2) is 7.63. The number of aromatic nitrogens is 2. The number of carbonyl (C=O) groups excluding carboxylic acids is 1. The van der Waals surface area contributed by atoms with Crippen molar-refractivity contribution in [3.05, 3.63) is 76.0 Å². The zero-order valence-corrected chi connectivity index (χ0v) is 14.4. The zero-order valence-electron chi connectivity index (χ0n) is 12.9. The molecule has 0 radical (unpaired) electrons. The molecule has 9 heteroatoms. The number of hydrogen-bond acceptors (Lipinski definition) is 4. The SMILES string of the molecule is O=C(Nc1ccc(F)cc1F)c1cnc(Nc2cc(Cl)cc(Cl)c2)nc1. The van der Waals surface area contributed by atoms with Gasteiger partial charge in [0.15, 0.2) is 0 Å². The minimum atomic E-state index is -0.879. The van der Waals surface area contributed by atoms with Crippen molar-refractivity contribution in [2.45, 2.75) is 0 Å². The van der Waals surface area contributed by atoms with Crippen LogP contribution in [-0.2, 0) is 0 Å². The molecule has 132 valence electrons. The van der Waals surface area contributed by atoms with Crippen LogP contribution in [0.25, 0.3) is 0 Å². The van der Waals surface area contributed by atoms with E-state index >= 15 is 0 Å². The lowest BCUT2D eigenvalue weighted by molar-refractivity contribution is 0.102.